The van der Waals surface area contributed by atoms with Crippen LogP contribution < -0.4 is 20.1 Å². The Morgan fingerprint density at radius 1 is 1.05 bits per heavy atom. The van der Waals surface area contributed by atoms with Gasteiger partial charge < -0.3 is 30.6 Å². The number of phenolic OH excluding ortho intramolecular Hbond substituents is 1. The van der Waals surface area contributed by atoms with E-state index in [0.29, 0.717) is 36.4 Å². The van der Waals surface area contributed by atoms with Gasteiger partial charge in [0.1, 0.15) is 24.2 Å². The molecule has 0 bridgehead atoms. The maximum absolute atomic E-state index is 12.7. The molecule has 1 aliphatic carbocycles. The number of aliphatic hydroxyl groups excluding tert-OH is 1. The Bertz CT molecular complexity index is 1660. The number of anilines is 1. The lowest BCUT2D eigenvalue weighted by molar-refractivity contribution is 0.0954. The number of aromatic amines is 1. The van der Waals surface area contributed by atoms with Crippen molar-refractivity contribution in [2.75, 3.05) is 30.7 Å². The highest BCUT2D eigenvalue weighted by Crippen LogP contribution is 2.33. The van der Waals surface area contributed by atoms with E-state index in [0.717, 1.165) is 43.9 Å². The molecule has 1 atom stereocenters. The minimum absolute atomic E-state index is 0.0182. The number of nitrogens with one attached hydrogen (secondary N) is 4. The number of para-hydroxylation sites is 1. The van der Waals surface area contributed by atoms with Crippen LogP contribution in [0.1, 0.15) is 53.1 Å². The summed E-state index contributed by atoms with van der Waals surface area (Å²) in [6, 6.07) is 20.6. The van der Waals surface area contributed by atoms with Crippen molar-refractivity contribution in [3.63, 3.8) is 0 Å². The molecule has 1 saturated carbocycles. The van der Waals surface area contributed by atoms with Gasteiger partial charge in [-0.05, 0) is 79.5 Å². The van der Waals surface area contributed by atoms with Gasteiger partial charge in [0.25, 0.3) is 5.91 Å². The summed E-state index contributed by atoms with van der Waals surface area (Å²) in [4.78, 5) is 16.0. The first-order valence-corrected chi connectivity index (χ1v) is 16.8. The highest BCUT2D eigenvalue weighted by atomic mass is 32.2. The number of hydrogen-bond acceptors (Lipinski definition) is 7. The van der Waals surface area contributed by atoms with Crippen molar-refractivity contribution < 1.29 is 28.2 Å². The Morgan fingerprint density at radius 3 is 2.55 bits per heavy atom. The second-order valence-electron chi connectivity index (χ2n) is 11.5. The number of aliphatic hydroxyl groups is 1. The number of amides is 1. The van der Waals surface area contributed by atoms with E-state index in [9.17, 15) is 23.4 Å². The van der Waals surface area contributed by atoms with Crippen molar-refractivity contribution in [1.82, 2.24) is 15.6 Å². The van der Waals surface area contributed by atoms with Crippen LogP contribution in [-0.2, 0) is 16.4 Å². The fourth-order valence-electron chi connectivity index (χ4n) is 5.73. The highest BCUT2D eigenvalue weighted by Gasteiger charge is 2.23. The monoisotopic (exact) mass is 620 g/mol. The third-order valence-corrected chi connectivity index (χ3v) is 8.66. The summed E-state index contributed by atoms with van der Waals surface area (Å²) < 4.78 is 30.8. The second kappa shape index (κ2) is 14.1. The average molecular weight is 621 g/mol. The number of sulfonamides is 1. The Morgan fingerprint density at radius 2 is 1.80 bits per heavy atom. The molecule has 0 spiro atoms. The minimum atomic E-state index is -3.55. The number of ether oxygens (including phenoxy) is 1. The summed E-state index contributed by atoms with van der Waals surface area (Å²) in [5, 5.41) is 27.9. The maximum Gasteiger partial charge on any atom is 0.251 e. The van der Waals surface area contributed by atoms with Crippen LogP contribution >= 0.6 is 0 Å². The van der Waals surface area contributed by atoms with Gasteiger partial charge in [0.15, 0.2) is 0 Å². The van der Waals surface area contributed by atoms with Gasteiger partial charge in [-0.1, -0.05) is 30.3 Å². The number of fused-ring (bicyclic) bond motifs is 1. The summed E-state index contributed by atoms with van der Waals surface area (Å²) in [6.45, 7) is 0.960. The number of phenols is 1. The van der Waals surface area contributed by atoms with E-state index in [-0.39, 0.29) is 24.0 Å². The SMILES string of the molecule is CS(=O)(=O)Nc1cc(OCC(O)CNC2CCC(c3ccc(C(=O)NCCc4c[nH]c5ccccc45)cc3)CC2)ccc1O. The van der Waals surface area contributed by atoms with E-state index in [1.54, 1.807) is 0 Å². The Kier molecular flexibility index (Phi) is 10.1. The van der Waals surface area contributed by atoms with E-state index in [1.807, 2.05) is 36.5 Å². The molecule has 10 nitrogen and oxygen atoms in total. The molecule has 3 aromatic carbocycles. The van der Waals surface area contributed by atoms with Gasteiger partial charge in [-0.3, -0.25) is 9.52 Å². The van der Waals surface area contributed by atoms with Crippen molar-refractivity contribution in [2.24, 2.45) is 0 Å². The number of rotatable bonds is 13. The molecule has 44 heavy (non-hydrogen) atoms. The molecule has 1 aliphatic rings. The molecule has 11 heteroatoms. The number of benzene rings is 3. The van der Waals surface area contributed by atoms with Crippen LogP contribution in [0.3, 0.4) is 0 Å². The predicted molar refractivity (Wildman–Crippen MR) is 172 cm³/mol. The summed E-state index contributed by atoms with van der Waals surface area (Å²) in [7, 11) is -3.55. The minimum Gasteiger partial charge on any atom is -0.506 e. The summed E-state index contributed by atoms with van der Waals surface area (Å²) in [5.74, 6) is 0.491. The Balaban J connectivity index is 1.01. The maximum atomic E-state index is 12.7. The first kappa shape index (κ1) is 31.4. The number of carbonyl (C=O) groups is 1. The van der Waals surface area contributed by atoms with Crippen LogP contribution in [0.25, 0.3) is 10.9 Å². The van der Waals surface area contributed by atoms with Crippen molar-refractivity contribution >= 4 is 32.5 Å². The molecule has 0 radical (unpaired) electrons. The second-order valence-corrected chi connectivity index (χ2v) is 13.2. The zero-order chi connectivity index (χ0) is 31.1. The van der Waals surface area contributed by atoms with Crippen molar-refractivity contribution in [2.45, 2.75) is 50.2 Å². The van der Waals surface area contributed by atoms with E-state index >= 15 is 0 Å². The third kappa shape index (κ3) is 8.52. The molecule has 5 rings (SSSR count). The van der Waals surface area contributed by atoms with Crippen molar-refractivity contribution in [1.29, 1.82) is 0 Å². The van der Waals surface area contributed by atoms with Gasteiger partial charge in [0.05, 0.1) is 11.9 Å². The molecule has 0 saturated heterocycles. The summed E-state index contributed by atoms with van der Waals surface area (Å²) in [6.07, 6.45) is 7.00. The molecular formula is C33H40N4O6S. The van der Waals surface area contributed by atoms with Crippen LogP contribution in [0.5, 0.6) is 11.5 Å². The van der Waals surface area contributed by atoms with Gasteiger partial charge in [-0.15, -0.1) is 0 Å². The van der Waals surface area contributed by atoms with Gasteiger partial charge in [-0.2, -0.15) is 0 Å². The average Bonchev–Trinajstić information content (AvgIpc) is 3.43. The van der Waals surface area contributed by atoms with Crippen molar-refractivity contribution in [3.05, 3.63) is 89.6 Å². The van der Waals surface area contributed by atoms with Gasteiger partial charge in [0.2, 0.25) is 10.0 Å². The predicted octanol–water partition coefficient (Wildman–Crippen LogP) is 4.27. The normalized spacial score (nSPS) is 17.7. The van der Waals surface area contributed by atoms with E-state index in [2.05, 4.69) is 38.5 Å². The first-order valence-electron chi connectivity index (χ1n) is 14.9. The smallest absolute Gasteiger partial charge is 0.251 e. The van der Waals surface area contributed by atoms with Crippen LogP contribution in [0.2, 0.25) is 0 Å². The lowest BCUT2D eigenvalue weighted by Crippen LogP contribution is -2.39. The number of carbonyl (C=O) groups excluding carboxylic acids is 1. The van der Waals surface area contributed by atoms with Crippen LogP contribution in [0, 0.1) is 0 Å². The number of hydrogen-bond donors (Lipinski definition) is 6. The molecule has 1 heterocycles. The fourth-order valence-corrected chi connectivity index (χ4v) is 6.29. The number of H-pyrrole nitrogens is 1. The lowest BCUT2D eigenvalue weighted by Gasteiger charge is -2.30. The topological polar surface area (TPSA) is 153 Å². The largest absolute Gasteiger partial charge is 0.506 e. The molecule has 234 valence electrons. The molecule has 1 unspecified atom stereocenters. The van der Waals surface area contributed by atoms with Crippen LogP contribution in [0.15, 0.2) is 72.9 Å². The Hall–Kier alpha value is -4.06. The van der Waals surface area contributed by atoms with Gasteiger partial charge >= 0.3 is 0 Å². The van der Waals surface area contributed by atoms with Crippen LogP contribution in [-0.4, -0.2) is 67.6 Å². The molecular weight excluding hydrogens is 580 g/mol. The molecule has 6 N–H and O–H groups in total. The van der Waals surface area contributed by atoms with E-state index < -0.39 is 16.1 Å². The zero-order valence-corrected chi connectivity index (χ0v) is 25.6. The molecule has 1 fully saturated rings. The van der Waals surface area contributed by atoms with Crippen molar-refractivity contribution in [3.8, 4) is 11.5 Å². The number of aromatic nitrogens is 1. The first-order chi connectivity index (χ1) is 21.1. The Labute approximate surface area is 257 Å². The lowest BCUT2D eigenvalue weighted by atomic mass is 9.81. The highest BCUT2D eigenvalue weighted by molar-refractivity contribution is 7.92. The van der Waals surface area contributed by atoms with E-state index in [4.69, 9.17) is 4.74 Å². The fraction of sp³-hybridized carbons (Fsp3) is 0.364. The molecule has 1 amide bonds. The zero-order valence-electron chi connectivity index (χ0n) is 24.8. The molecule has 0 aliphatic heterocycles. The van der Waals surface area contributed by atoms with E-state index in [1.165, 1.54) is 34.7 Å². The number of aromatic hydroxyl groups is 1. The van der Waals surface area contributed by atoms with Gasteiger partial charge in [-0.25, -0.2) is 8.42 Å². The summed E-state index contributed by atoms with van der Waals surface area (Å²) >= 11 is 0. The summed E-state index contributed by atoms with van der Waals surface area (Å²) in [5.41, 5.74) is 4.22. The third-order valence-electron chi connectivity index (χ3n) is 8.07. The van der Waals surface area contributed by atoms with Gasteiger partial charge in [0, 0.05) is 47.9 Å². The molecule has 4 aromatic rings. The standard InChI is InChI=1S/C33H40N4O6S/c1-44(41,42)37-31-18-28(14-15-32(31)39)43-21-27(38)20-35-26-12-10-23(11-13-26)22-6-8-24(9-7-22)33(40)34-17-16-25-19-36-30-5-3-2-4-29(25)30/h2-9,14-15,18-19,23,26-27,35-39H,10-13,16-17,20-21H2,1H3,(H,34,40). The van der Waals surface area contributed by atoms with Crippen LogP contribution in [0.4, 0.5) is 5.69 Å². The molecule has 1 aromatic heterocycles. The quantitative estimate of drug-likeness (QED) is 0.122.